The van der Waals surface area contributed by atoms with E-state index in [9.17, 15) is 24.3 Å². The molecule has 0 aliphatic carbocycles. The van der Waals surface area contributed by atoms with Gasteiger partial charge in [-0.2, -0.15) is 4.90 Å². The molecule has 11 nitrogen and oxygen atoms in total. The molecule has 1 atom stereocenters. The molecule has 0 bridgehead atoms. The van der Waals surface area contributed by atoms with Crippen molar-refractivity contribution in [2.75, 3.05) is 6.61 Å². The molecule has 11 heteroatoms. The van der Waals surface area contributed by atoms with Crippen molar-refractivity contribution < 1.29 is 38.5 Å². The van der Waals surface area contributed by atoms with Crippen molar-refractivity contribution in [1.82, 2.24) is 14.9 Å². The second-order valence-corrected chi connectivity index (χ2v) is 8.39. The number of hydrogen-bond acceptors (Lipinski definition) is 8. The number of hydrogen-bond donors (Lipinski definition) is 2. The lowest BCUT2D eigenvalue weighted by atomic mass is 10.1. The molecular weight excluding hydrogens is 410 g/mol. The average Bonchev–Trinajstić information content (AvgIpc) is 3.04. The predicted molar refractivity (Wildman–Crippen MR) is 110 cm³/mol. The lowest BCUT2D eigenvalue weighted by Crippen LogP contribution is -2.52. The van der Waals surface area contributed by atoms with Crippen LogP contribution in [-0.2, 0) is 30.2 Å². The molecule has 1 rings (SSSR count). The molecule has 0 saturated carbocycles. The number of amides is 2. The molecular formula is C20H33N3O8. The van der Waals surface area contributed by atoms with Gasteiger partial charge in [-0.15, -0.1) is 0 Å². The zero-order chi connectivity index (χ0) is 24.4. The lowest BCUT2D eigenvalue weighted by molar-refractivity contribution is -0.143. The number of carbonyl (C=O) groups excluding carboxylic acids is 3. The van der Waals surface area contributed by atoms with Gasteiger partial charge >= 0.3 is 24.1 Å². The van der Waals surface area contributed by atoms with Gasteiger partial charge in [-0.25, -0.2) is 19.4 Å². The summed E-state index contributed by atoms with van der Waals surface area (Å²) in [6.07, 6.45) is 0.452. The van der Waals surface area contributed by atoms with Crippen LogP contribution >= 0.6 is 0 Å². The van der Waals surface area contributed by atoms with Crippen molar-refractivity contribution in [3.63, 3.8) is 0 Å². The van der Waals surface area contributed by atoms with E-state index in [-0.39, 0.29) is 12.4 Å². The molecule has 0 fully saturated rings. The Morgan fingerprint density at radius 2 is 1.55 bits per heavy atom. The van der Waals surface area contributed by atoms with Gasteiger partial charge in [-0.05, 0) is 48.5 Å². The van der Waals surface area contributed by atoms with Gasteiger partial charge in [-0.3, -0.25) is 4.79 Å². The van der Waals surface area contributed by atoms with Gasteiger partial charge in [0.2, 0.25) is 0 Å². The van der Waals surface area contributed by atoms with Crippen molar-refractivity contribution in [1.29, 1.82) is 0 Å². The number of nitrogens with one attached hydrogen (secondary N) is 1. The van der Waals surface area contributed by atoms with E-state index in [4.69, 9.17) is 9.47 Å². The molecule has 0 aliphatic rings. The van der Waals surface area contributed by atoms with Crippen LogP contribution in [0.25, 0.3) is 0 Å². The number of rotatable bonds is 5. The molecule has 0 spiro atoms. The maximum absolute atomic E-state index is 12.5. The highest BCUT2D eigenvalue weighted by atomic mass is 16.6. The molecule has 2 amide bonds. The Balaban J connectivity index is 0.00000131. The predicted octanol–water partition coefficient (Wildman–Crippen LogP) is 3.15. The van der Waals surface area contributed by atoms with E-state index in [0.29, 0.717) is 17.2 Å². The first-order valence-electron chi connectivity index (χ1n) is 9.66. The van der Waals surface area contributed by atoms with E-state index in [1.54, 1.807) is 48.5 Å². The van der Waals surface area contributed by atoms with Crippen LogP contribution in [0.1, 0.15) is 61.1 Å². The zero-order valence-electron chi connectivity index (χ0n) is 19.3. The normalized spacial score (nSPS) is 12.0. The summed E-state index contributed by atoms with van der Waals surface area (Å²) < 4.78 is 14.8. The van der Waals surface area contributed by atoms with Crippen molar-refractivity contribution in [3.05, 3.63) is 18.2 Å². The third-order valence-corrected chi connectivity index (χ3v) is 3.09. The third kappa shape index (κ3) is 12.2. The Labute approximate surface area is 182 Å². The molecule has 176 valence electrons. The number of imide groups is 1. The number of carboxylic acid groups (broad SMARTS) is 1. The third-order valence-electron chi connectivity index (χ3n) is 3.09. The van der Waals surface area contributed by atoms with Crippen LogP contribution < -0.4 is 0 Å². The molecule has 0 radical (unpaired) electrons. The number of aromatic nitrogens is 2. The van der Waals surface area contributed by atoms with Crippen LogP contribution in [0.3, 0.4) is 0 Å². The summed E-state index contributed by atoms with van der Waals surface area (Å²) >= 11 is 0. The van der Waals surface area contributed by atoms with Crippen molar-refractivity contribution in [2.45, 2.75) is 79.1 Å². The number of H-pyrrole nitrogens is 1. The molecule has 0 aromatic carbocycles. The van der Waals surface area contributed by atoms with E-state index in [0.717, 1.165) is 0 Å². The summed E-state index contributed by atoms with van der Waals surface area (Å²) in [5.41, 5.74) is -1.37. The number of carbonyl (C=O) groups is 4. The number of nitrogens with zero attached hydrogens (tertiary/aromatic N) is 2. The summed E-state index contributed by atoms with van der Waals surface area (Å²) in [6.45, 7) is 13.3. The number of carboxylic acids is 1. The molecule has 31 heavy (non-hydrogen) atoms. The number of imidazole rings is 1. The molecule has 1 aromatic heterocycles. The van der Waals surface area contributed by atoms with E-state index >= 15 is 0 Å². The number of ether oxygens (including phenoxy) is 3. The standard InChI is InChI=1S/C16H25N3O6.C4H8O2/c1-15(2,3)24-13(22)19(14(23)25-16(4,5)6)11(12(20)21)7-10-8-17-9-18-10;1-3-6-4(2)5/h8-9,11H,7H2,1-6H3,(H,17,18)(H,20,21);3H2,1-2H3/t11-;/m0./s1. The minimum absolute atomic E-state index is 0.159. The van der Waals surface area contributed by atoms with Crippen molar-refractivity contribution in [2.24, 2.45) is 0 Å². The fraction of sp³-hybridized carbons (Fsp3) is 0.650. The Morgan fingerprint density at radius 1 is 1.06 bits per heavy atom. The molecule has 0 unspecified atom stereocenters. The largest absolute Gasteiger partial charge is 0.480 e. The minimum Gasteiger partial charge on any atom is -0.480 e. The smallest absolute Gasteiger partial charge is 0.420 e. The maximum Gasteiger partial charge on any atom is 0.420 e. The fourth-order valence-electron chi connectivity index (χ4n) is 2.05. The topological polar surface area (TPSA) is 148 Å². The van der Waals surface area contributed by atoms with E-state index in [1.807, 2.05) is 0 Å². The van der Waals surface area contributed by atoms with Crippen LogP contribution in [0.15, 0.2) is 12.5 Å². The first-order chi connectivity index (χ1) is 14.1. The first-order valence-corrected chi connectivity index (χ1v) is 9.66. The summed E-state index contributed by atoms with van der Waals surface area (Å²) in [6, 6.07) is -1.51. The number of aliphatic carboxylic acids is 1. The average molecular weight is 443 g/mol. The van der Waals surface area contributed by atoms with E-state index < -0.39 is 35.4 Å². The second-order valence-electron chi connectivity index (χ2n) is 8.39. The molecule has 2 N–H and O–H groups in total. The highest BCUT2D eigenvalue weighted by Gasteiger charge is 2.40. The van der Waals surface area contributed by atoms with Gasteiger partial charge in [0.25, 0.3) is 0 Å². The molecule has 0 saturated heterocycles. The second kappa shape index (κ2) is 11.9. The van der Waals surface area contributed by atoms with Crippen LogP contribution in [0.2, 0.25) is 0 Å². The van der Waals surface area contributed by atoms with Gasteiger partial charge in [0.15, 0.2) is 0 Å². The zero-order valence-corrected chi connectivity index (χ0v) is 19.3. The van der Waals surface area contributed by atoms with Gasteiger partial charge in [0.1, 0.15) is 17.2 Å². The Hall–Kier alpha value is -3.11. The monoisotopic (exact) mass is 443 g/mol. The van der Waals surface area contributed by atoms with E-state index in [1.165, 1.54) is 19.4 Å². The molecule has 1 aromatic rings. The highest BCUT2D eigenvalue weighted by molar-refractivity contribution is 5.93. The van der Waals surface area contributed by atoms with E-state index in [2.05, 4.69) is 14.7 Å². The number of esters is 1. The molecule has 0 aliphatic heterocycles. The summed E-state index contributed by atoms with van der Waals surface area (Å²) in [5, 5.41) is 9.55. The Kier molecular flexibility index (Phi) is 10.7. The van der Waals surface area contributed by atoms with Gasteiger partial charge in [0.05, 0.1) is 12.9 Å². The van der Waals surface area contributed by atoms with Gasteiger partial charge < -0.3 is 24.3 Å². The van der Waals surface area contributed by atoms with Crippen molar-refractivity contribution >= 4 is 24.1 Å². The summed E-state index contributed by atoms with van der Waals surface area (Å²) in [7, 11) is 0. The number of aromatic amines is 1. The SMILES string of the molecule is CC(C)(C)OC(=O)N(C(=O)OC(C)(C)C)[C@@H](Cc1cnc[nH]1)C(=O)O.CCOC(C)=O. The van der Waals surface area contributed by atoms with Crippen LogP contribution in [0, 0.1) is 0 Å². The Morgan fingerprint density at radius 3 is 1.81 bits per heavy atom. The highest BCUT2D eigenvalue weighted by Crippen LogP contribution is 2.18. The quantitative estimate of drug-likeness (QED) is 0.517. The van der Waals surface area contributed by atoms with Crippen molar-refractivity contribution in [3.8, 4) is 0 Å². The summed E-state index contributed by atoms with van der Waals surface area (Å²) in [4.78, 5) is 53.5. The summed E-state index contributed by atoms with van der Waals surface area (Å²) in [5.74, 6) is -1.58. The van der Waals surface area contributed by atoms with Gasteiger partial charge in [0, 0.05) is 25.2 Å². The minimum atomic E-state index is -1.51. The maximum atomic E-state index is 12.5. The first kappa shape index (κ1) is 27.9. The van der Waals surface area contributed by atoms with Crippen LogP contribution in [0.4, 0.5) is 9.59 Å². The molecule has 1 heterocycles. The Bertz CT molecular complexity index is 705. The van der Waals surface area contributed by atoms with Crippen LogP contribution in [0.5, 0.6) is 0 Å². The van der Waals surface area contributed by atoms with Crippen LogP contribution in [-0.4, -0.2) is 68.0 Å². The fourth-order valence-corrected chi connectivity index (χ4v) is 2.05. The van der Waals surface area contributed by atoms with Gasteiger partial charge in [-0.1, -0.05) is 0 Å². The lowest BCUT2D eigenvalue weighted by Gasteiger charge is -2.31.